The Morgan fingerprint density at radius 3 is 2.50 bits per heavy atom. The highest BCUT2D eigenvalue weighted by Gasteiger charge is 2.17. The normalized spacial score (nSPS) is 10.8. The van der Waals surface area contributed by atoms with Crippen LogP contribution in [0.15, 0.2) is 54.6 Å². The lowest BCUT2D eigenvalue weighted by atomic mass is 10.2. The van der Waals surface area contributed by atoms with Crippen LogP contribution in [0.2, 0.25) is 0 Å². The maximum atomic E-state index is 12.8. The van der Waals surface area contributed by atoms with E-state index < -0.39 is 0 Å². The highest BCUT2D eigenvalue weighted by molar-refractivity contribution is 7.20. The molecular formula is C21H19N3O3S. The summed E-state index contributed by atoms with van der Waals surface area (Å²) in [5.74, 6) is 1.00. The molecule has 142 valence electrons. The second-order valence-electron chi connectivity index (χ2n) is 6.19. The summed E-state index contributed by atoms with van der Waals surface area (Å²) in [6, 6.07) is 17.1. The number of aromatic nitrogens is 2. The number of carbonyl (C=O) groups is 1. The van der Waals surface area contributed by atoms with Gasteiger partial charge in [-0.1, -0.05) is 18.2 Å². The van der Waals surface area contributed by atoms with E-state index in [1.165, 1.54) is 11.3 Å². The number of rotatable bonds is 5. The predicted molar refractivity (Wildman–Crippen MR) is 111 cm³/mol. The quantitative estimate of drug-likeness (QED) is 0.535. The molecule has 7 heteroatoms. The van der Waals surface area contributed by atoms with E-state index in [0.29, 0.717) is 22.1 Å². The summed E-state index contributed by atoms with van der Waals surface area (Å²) in [6.07, 6.45) is 0. The zero-order chi connectivity index (χ0) is 19.7. The fourth-order valence-corrected chi connectivity index (χ4v) is 4.09. The molecule has 6 nitrogen and oxygen atoms in total. The van der Waals surface area contributed by atoms with Crippen molar-refractivity contribution < 1.29 is 14.3 Å². The van der Waals surface area contributed by atoms with Crippen molar-refractivity contribution in [1.82, 2.24) is 9.78 Å². The summed E-state index contributed by atoms with van der Waals surface area (Å²) in [7, 11) is 3.14. The van der Waals surface area contributed by atoms with E-state index in [1.807, 2.05) is 48.0 Å². The number of methoxy groups -OCH3 is 2. The molecule has 0 bridgehead atoms. The van der Waals surface area contributed by atoms with E-state index in [9.17, 15) is 4.79 Å². The lowest BCUT2D eigenvalue weighted by molar-refractivity contribution is 0.103. The molecule has 0 spiro atoms. The van der Waals surface area contributed by atoms with E-state index in [4.69, 9.17) is 9.47 Å². The van der Waals surface area contributed by atoms with Gasteiger partial charge < -0.3 is 14.8 Å². The van der Waals surface area contributed by atoms with Crippen LogP contribution in [0.25, 0.3) is 15.9 Å². The van der Waals surface area contributed by atoms with Crippen LogP contribution >= 0.6 is 11.3 Å². The molecule has 0 fully saturated rings. The topological polar surface area (TPSA) is 65.4 Å². The van der Waals surface area contributed by atoms with E-state index >= 15 is 0 Å². The Morgan fingerprint density at radius 1 is 1.04 bits per heavy atom. The average molecular weight is 393 g/mol. The van der Waals surface area contributed by atoms with Crippen LogP contribution in [0, 0.1) is 6.92 Å². The van der Waals surface area contributed by atoms with Crippen LogP contribution in [0.4, 0.5) is 5.69 Å². The van der Waals surface area contributed by atoms with Crippen molar-refractivity contribution in [3.63, 3.8) is 0 Å². The fourth-order valence-electron chi connectivity index (χ4n) is 3.01. The summed E-state index contributed by atoms with van der Waals surface area (Å²) in [4.78, 5) is 14.4. The highest BCUT2D eigenvalue weighted by Crippen LogP contribution is 2.32. The van der Waals surface area contributed by atoms with E-state index in [2.05, 4.69) is 10.4 Å². The molecule has 0 aliphatic heterocycles. The standard InChI is InChI=1S/C21H19N3O3S/c1-13-16-12-19(28-21(16)24(23-13)15-7-5-4-6-8-15)20(25)22-14-9-10-17(26-2)18(11-14)27-3/h4-12H,1-3H3,(H,22,25). The van der Waals surface area contributed by atoms with Crippen molar-refractivity contribution in [2.75, 3.05) is 19.5 Å². The number of anilines is 1. The summed E-state index contributed by atoms with van der Waals surface area (Å²) in [5, 5.41) is 8.51. The molecule has 1 amide bonds. The Bertz CT molecular complexity index is 1150. The fraction of sp³-hybridized carbons (Fsp3) is 0.143. The number of hydrogen-bond acceptors (Lipinski definition) is 5. The van der Waals surface area contributed by atoms with Gasteiger partial charge in [0.15, 0.2) is 11.5 Å². The zero-order valence-corrected chi connectivity index (χ0v) is 16.5. The smallest absolute Gasteiger partial charge is 0.265 e. The van der Waals surface area contributed by atoms with Gasteiger partial charge in [-0.2, -0.15) is 5.10 Å². The van der Waals surface area contributed by atoms with Gasteiger partial charge in [0, 0.05) is 17.1 Å². The van der Waals surface area contributed by atoms with Gasteiger partial charge in [0.2, 0.25) is 0 Å². The van der Waals surface area contributed by atoms with Gasteiger partial charge in [0.05, 0.1) is 30.5 Å². The number of fused-ring (bicyclic) bond motifs is 1. The first-order valence-electron chi connectivity index (χ1n) is 8.68. The third-order valence-corrected chi connectivity index (χ3v) is 5.52. The number of para-hydroxylation sites is 1. The van der Waals surface area contributed by atoms with E-state index in [-0.39, 0.29) is 5.91 Å². The van der Waals surface area contributed by atoms with Crippen LogP contribution in [0.3, 0.4) is 0 Å². The molecule has 2 aromatic carbocycles. The molecule has 0 aliphatic rings. The SMILES string of the molecule is COc1ccc(NC(=O)c2cc3c(C)nn(-c4ccccc4)c3s2)cc1OC. The minimum Gasteiger partial charge on any atom is -0.493 e. The second-order valence-corrected chi connectivity index (χ2v) is 7.22. The molecule has 0 unspecified atom stereocenters. The molecule has 1 N–H and O–H groups in total. The van der Waals surface area contributed by atoms with Crippen LogP contribution in [-0.4, -0.2) is 29.9 Å². The number of hydrogen-bond donors (Lipinski definition) is 1. The largest absolute Gasteiger partial charge is 0.493 e. The molecule has 0 aliphatic carbocycles. The number of nitrogens with one attached hydrogen (secondary N) is 1. The zero-order valence-electron chi connectivity index (χ0n) is 15.7. The third kappa shape index (κ3) is 3.20. The van der Waals surface area contributed by atoms with Gasteiger partial charge in [-0.25, -0.2) is 4.68 Å². The molecule has 4 rings (SSSR count). The Morgan fingerprint density at radius 2 is 1.79 bits per heavy atom. The molecule has 4 aromatic rings. The van der Waals surface area contributed by atoms with Crippen molar-refractivity contribution in [2.24, 2.45) is 0 Å². The minimum absolute atomic E-state index is 0.174. The van der Waals surface area contributed by atoms with Crippen LogP contribution < -0.4 is 14.8 Å². The van der Waals surface area contributed by atoms with Crippen LogP contribution in [-0.2, 0) is 0 Å². The number of carbonyl (C=O) groups excluding carboxylic acids is 1. The summed E-state index contributed by atoms with van der Waals surface area (Å²) < 4.78 is 12.4. The number of thiophene rings is 1. The van der Waals surface area contributed by atoms with Gasteiger partial charge in [-0.15, -0.1) is 11.3 Å². The Hall–Kier alpha value is -3.32. The molecule has 0 atom stereocenters. The second kappa shape index (κ2) is 7.36. The molecule has 0 radical (unpaired) electrons. The third-order valence-electron chi connectivity index (χ3n) is 4.41. The van der Waals surface area contributed by atoms with Crippen molar-refractivity contribution in [1.29, 1.82) is 0 Å². The number of aryl methyl sites for hydroxylation is 1. The number of nitrogens with zero attached hydrogens (tertiary/aromatic N) is 2. The van der Waals surface area contributed by atoms with Crippen LogP contribution in [0.1, 0.15) is 15.4 Å². The van der Waals surface area contributed by atoms with Gasteiger partial charge in [-0.05, 0) is 37.3 Å². The Kier molecular flexibility index (Phi) is 4.75. The average Bonchev–Trinajstić information content (AvgIpc) is 3.29. The maximum Gasteiger partial charge on any atom is 0.265 e. The van der Waals surface area contributed by atoms with Gasteiger partial charge >= 0.3 is 0 Å². The molecule has 0 saturated heterocycles. The first kappa shape index (κ1) is 18.1. The lowest BCUT2D eigenvalue weighted by Crippen LogP contribution is -2.10. The van der Waals surface area contributed by atoms with Gasteiger partial charge in [0.1, 0.15) is 4.83 Å². The Labute approximate surface area is 166 Å². The molecule has 2 aromatic heterocycles. The summed E-state index contributed by atoms with van der Waals surface area (Å²) >= 11 is 1.42. The van der Waals surface area contributed by atoms with Crippen molar-refractivity contribution >= 4 is 33.1 Å². The number of benzene rings is 2. The summed E-state index contributed by atoms with van der Waals surface area (Å²) in [6.45, 7) is 1.95. The maximum absolute atomic E-state index is 12.8. The van der Waals surface area contributed by atoms with Gasteiger partial charge in [0.25, 0.3) is 5.91 Å². The van der Waals surface area contributed by atoms with Gasteiger partial charge in [-0.3, -0.25) is 4.79 Å². The minimum atomic E-state index is -0.174. The number of amides is 1. The first-order valence-corrected chi connectivity index (χ1v) is 9.50. The van der Waals surface area contributed by atoms with Crippen molar-refractivity contribution in [3.05, 3.63) is 65.2 Å². The monoisotopic (exact) mass is 393 g/mol. The molecular weight excluding hydrogens is 374 g/mol. The first-order chi connectivity index (χ1) is 13.6. The van der Waals surface area contributed by atoms with Crippen molar-refractivity contribution in [3.8, 4) is 17.2 Å². The van der Waals surface area contributed by atoms with Crippen LogP contribution in [0.5, 0.6) is 11.5 Å². The summed E-state index contributed by atoms with van der Waals surface area (Å²) in [5.41, 5.74) is 2.50. The molecule has 28 heavy (non-hydrogen) atoms. The van der Waals surface area contributed by atoms with Crippen molar-refractivity contribution in [2.45, 2.75) is 6.92 Å². The Balaban J connectivity index is 1.65. The number of ether oxygens (including phenoxy) is 2. The highest BCUT2D eigenvalue weighted by atomic mass is 32.1. The predicted octanol–water partition coefficient (Wildman–Crippen LogP) is 4.66. The van der Waals surface area contributed by atoms with E-state index in [0.717, 1.165) is 21.6 Å². The molecule has 2 heterocycles. The lowest BCUT2D eigenvalue weighted by Gasteiger charge is -2.10. The van der Waals surface area contributed by atoms with E-state index in [1.54, 1.807) is 32.4 Å². The molecule has 0 saturated carbocycles.